The summed E-state index contributed by atoms with van der Waals surface area (Å²) in [6, 6.07) is 0. The first kappa shape index (κ1) is 7.04. The molecular formula is C5H6N6S. The van der Waals surface area contributed by atoms with E-state index in [4.69, 9.17) is 11.5 Å². The molecule has 62 valence electrons. The zero-order chi connectivity index (χ0) is 8.55. The minimum atomic E-state index is 0.155. The molecule has 12 heavy (non-hydrogen) atoms. The lowest BCUT2D eigenvalue weighted by molar-refractivity contribution is 0.884. The zero-order valence-electron chi connectivity index (χ0n) is 6.01. The Labute approximate surface area is 71.9 Å². The fourth-order valence-corrected chi connectivity index (χ4v) is 1.40. The molecule has 6 nitrogen and oxygen atoms in total. The van der Waals surface area contributed by atoms with Crippen LogP contribution in [0.1, 0.15) is 0 Å². The Kier molecular flexibility index (Phi) is 1.44. The van der Waals surface area contributed by atoms with Crippen LogP contribution in [0.4, 0.5) is 11.9 Å². The average molecular weight is 182 g/mol. The van der Waals surface area contributed by atoms with E-state index in [2.05, 4.69) is 15.1 Å². The maximum absolute atomic E-state index is 5.51. The summed E-state index contributed by atoms with van der Waals surface area (Å²) in [4.78, 5) is 7.75. The summed E-state index contributed by atoms with van der Waals surface area (Å²) in [5, 5.41) is 6.35. The Hall–Kier alpha value is -1.63. The maximum atomic E-state index is 5.51. The Bertz CT molecular complexity index is 377. The summed E-state index contributed by atoms with van der Waals surface area (Å²) in [6.45, 7) is 0. The van der Waals surface area contributed by atoms with Gasteiger partial charge in [-0.25, -0.2) is 4.98 Å². The van der Waals surface area contributed by atoms with Crippen molar-refractivity contribution in [2.75, 3.05) is 11.5 Å². The van der Waals surface area contributed by atoms with Gasteiger partial charge in [0.2, 0.25) is 17.0 Å². The van der Waals surface area contributed by atoms with Crippen molar-refractivity contribution in [3.8, 4) is 5.13 Å². The van der Waals surface area contributed by atoms with Gasteiger partial charge in [0, 0.05) is 11.6 Å². The van der Waals surface area contributed by atoms with E-state index in [1.165, 1.54) is 16.0 Å². The highest BCUT2D eigenvalue weighted by Crippen LogP contribution is 2.13. The SMILES string of the molecule is Nc1nc(N)n(-c2nccs2)n1. The van der Waals surface area contributed by atoms with Gasteiger partial charge in [-0.2, -0.15) is 9.67 Å². The van der Waals surface area contributed by atoms with Crippen LogP contribution in [0.25, 0.3) is 5.13 Å². The molecule has 0 amide bonds. The summed E-state index contributed by atoms with van der Waals surface area (Å²) < 4.78 is 1.40. The van der Waals surface area contributed by atoms with Crippen LogP contribution >= 0.6 is 11.3 Å². The fraction of sp³-hybridized carbons (Fsp3) is 0. The van der Waals surface area contributed by atoms with Gasteiger partial charge in [0.15, 0.2) is 0 Å². The van der Waals surface area contributed by atoms with Crippen molar-refractivity contribution < 1.29 is 0 Å². The monoisotopic (exact) mass is 182 g/mol. The number of nitrogens with zero attached hydrogens (tertiary/aromatic N) is 4. The molecule has 0 unspecified atom stereocenters. The molecule has 0 aliphatic carbocycles. The van der Waals surface area contributed by atoms with Crippen LogP contribution in [0.5, 0.6) is 0 Å². The molecule has 0 aliphatic rings. The largest absolute Gasteiger partial charge is 0.368 e. The summed E-state index contributed by atoms with van der Waals surface area (Å²) in [6.07, 6.45) is 1.66. The standard InChI is InChI=1S/C5H6N6S/c6-3-9-4(7)11(10-3)5-8-1-2-12-5/h1-2H,(H4,6,7,9,10). The van der Waals surface area contributed by atoms with Crippen molar-refractivity contribution in [1.82, 2.24) is 19.7 Å². The van der Waals surface area contributed by atoms with Crippen molar-refractivity contribution in [3.05, 3.63) is 11.6 Å². The highest BCUT2D eigenvalue weighted by atomic mass is 32.1. The Morgan fingerprint density at radius 1 is 1.42 bits per heavy atom. The molecule has 0 spiro atoms. The lowest BCUT2D eigenvalue weighted by atomic mass is 10.9. The molecule has 2 aromatic rings. The minimum absolute atomic E-state index is 0.155. The van der Waals surface area contributed by atoms with Gasteiger partial charge >= 0.3 is 0 Å². The number of aromatic nitrogens is 4. The zero-order valence-corrected chi connectivity index (χ0v) is 6.82. The lowest BCUT2D eigenvalue weighted by Crippen LogP contribution is -2.01. The van der Waals surface area contributed by atoms with E-state index in [-0.39, 0.29) is 11.9 Å². The van der Waals surface area contributed by atoms with Crippen molar-refractivity contribution in [1.29, 1.82) is 0 Å². The van der Waals surface area contributed by atoms with Crippen LogP contribution in [0.3, 0.4) is 0 Å². The van der Waals surface area contributed by atoms with Crippen LogP contribution in [-0.4, -0.2) is 19.7 Å². The number of anilines is 2. The predicted molar refractivity (Wildman–Crippen MR) is 45.9 cm³/mol. The first-order valence-corrected chi connectivity index (χ1v) is 4.03. The highest BCUT2D eigenvalue weighted by molar-refractivity contribution is 7.12. The van der Waals surface area contributed by atoms with Crippen LogP contribution in [0.2, 0.25) is 0 Å². The van der Waals surface area contributed by atoms with E-state index in [0.29, 0.717) is 5.13 Å². The van der Waals surface area contributed by atoms with E-state index < -0.39 is 0 Å². The van der Waals surface area contributed by atoms with E-state index in [1.54, 1.807) is 6.20 Å². The molecule has 0 aromatic carbocycles. The van der Waals surface area contributed by atoms with Crippen LogP contribution in [-0.2, 0) is 0 Å². The molecule has 2 heterocycles. The maximum Gasteiger partial charge on any atom is 0.241 e. The molecule has 2 rings (SSSR count). The van der Waals surface area contributed by atoms with E-state index >= 15 is 0 Å². The molecule has 0 bridgehead atoms. The summed E-state index contributed by atoms with van der Waals surface area (Å²) in [5.41, 5.74) is 10.8. The van der Waals surface area contributed by atoms with Gasteiger partial charge in [-0.1, -0.05) is 0 Å². The second-order valence-corrected chi connectivity index (χ2v) is 2.93. The van der Waals surface area contributed by atoms with Crippen molar-refractivity contribution in [2.45, 2.75) is 0 Å². The number of thiazole rings is 1. The first-order chi connectivity index (χ1) is 5.77. The second kappa shape index (κ2) is 2.45. The highest BCUT2D eigenvalue weighted by Gasteiger charge is 2.07. The van der Waals surface area contributed by atoms with Gasteiger partial charge in [-0.15, -0.1) is 16.4 Å². The van der Waals surface area contributed by atoms with E-state index in [0.717, 1.165) is 0 Å². The topological polar surface area (TPSA) is 95.6 Å². The predicted octanol–water partition coefficient (Wildman–Crippen LogP) is -0.112. The molecule has 0 radical (unpaired) electrons. The Balaban J connectivity index is 2.54. The number of hydrogen-bond donors (Lipinski definition) is 2. The number of rotatable bonds is 1. The molecule has 0 saturated carbocycles. The summed E-state index contributed by atoms with van der Waals surface area (Å²) in [5.74, 6) is 0.408. The molecule has 2 aromatic heterocycles. The third kappa shape index (κ3) is 0.996. The van der Waals surface area contributed by atoms with Gasteiger partial charge in [-0.3, -0.25) is 0 Å². The third-order valence-corrected chi connectivity index (χ3v) is 2.00. The van der Waals surface area contributed by atoms with Gasteiger partial charge in [0.05, 0.1) is 0 Å². The Morgan fingerprint density at radius 3 is 2.75 bits per heavy atom. The van der Waals surface area contributed by atoms with Crippen molar-refractivity contribution >= 4 is 23.2 Å². The summed E-state index contributed by atoms with van der Waals surface area (Å²) in [7, 11) is 0. The molecule has 0 saturated heterocycles. The average Bonchev–Trinajstić information content (AvgIpc) is 2.58. The van der Waals surface area contributed by atoms with Crippen LogP contribution in [0, 0.1) is 0 Å². The van der Waals surface area contributed by atoms with E-state index in [9.17, 15) is 0 Å². The number of nitrogens with two attached hydrogens (primary N) is 2. The minimum Gasteiger partial charge on any atom is -0.368 e. The number of hydrogen-bond acceptors (Lipinski definition) is 6. The number of nitrogen functional groups attached to an aromatic ring is 2. The van der Waals surface area contributed by atoms with Crippen LogP contribution in [0.15, 0.2) is 11.6 Å². The first-order valence-electron chi connectivity index (χ1n) is 3.15. The third-order valence-electron chi connectivity index (χ3n) is 1.25. The molecular weight excluding hydrogens is 176 g/mol. The van der Waals surface area contributed by atoms with Crippen LogP contribution < -0.4 is 11.5 Å². The van der Waals surface area contributed by atoms with Gasteiger partial charge in [0.25, 0.3) is 0 Å². The van der Waals surface area contributed by atoms with Gasteiger partial charge < -0.3 is 11.5 Å². The van der Waals surface area contributed by atoms with E-state index in [1.807, 2.05) is 5.38 Å². The van der Waals surface area contributed by atoms with Gasteiger partial charge in [0.1, 0.15) is 0 Å². The fourth-order valence-electron chi connectivity index (χ4n) is 0.802. The molecule has 0 aliphatic heterocycles. The van der Waals surface area contributed by atoms with Gasteiger partial charge in [-0.05, 0) is 0 Å². The molecule has 4 N–H and O–H groups in total. The molecule has 0 atom stereocenters. The van der Waals surface area contributed by atoms with Crippen molar-refractivity contribution in [2.24, 2.45) is 0 Å². The Morgan fingerprint density at radius 2 is 2.25 bits per heavy atom. The smallest absolute Gasteiger partial charge is 0.241 e. The normalized spacial score (nSPS) is 10.3. The summed E-state index contributed by atoms with van der Waals surface area (Å²) >= 11 is 1.42. The quantitative estimate of drug-likeness (QED) is 0.641. The van der Waals surface area contributed by atoms with Crippen molar-refractivity contribution in [3.63, 3.8) is 0 Å². The molecule has 7 heteroatoms. The lowest BCUT2D eigenvalue weighted by Gasteiger charge is -1.93. The molecule has 0 fully saturated rings. The second-order valence-electron chi connectivity index (χ2n) is 2.05.